The first-order valence-corrected chi connectivity index (χ1v) is 9.07. The predicted octanol–water partition coefficient (Wildman–Crippen LogP) is 6.97. The molecule has 118 valence electrons. The Hall–Kier alpha value is -2.71. The summed E-state index contributed by atoms with van der Waals surface area (Å²) in [5.74, 6) is 0. The number of fused-ring (bicyclic) bond motifs is 6. The highest BCUT2D eigenvalue weighted by molar-refractivity contribution is 9.10. The van der Waals surface area contributed by atoms with Crippen molar-refractivity contribution in [2.24, 2.45) is 0 Å². The van der Waals surface area contributed by atoms with Gasteiger partial charge >= 0.3 is 0 Å². The molecule has 0 aliphatic carbocycles. The average molecular weight is 384 g/mol. The highest BCUT2D eigenvalue weighted by atomic mass is 79.9. The van der Waals surface area contributed by atoms with Crippen LogP contribution < -0.4 is 0 Å². The summed E-state index contributed by atoms with van der Waals surface area (Å²) >= 11 is 3.55. The number of nitrogens with zero attached hydrogens (tertiary/aromatic N) is 1. The molecule has 0 spiro atoms. The van der Waals surface area contributed by atoms with E-state index in [1.54, 1.807) is 0 Å². The van der Waals surface area contributed by atoms with E-state index in [0.717, 1.165) is 21.2 Å². The second kappa shape index (κ2) is 5.68. The van der Waals surface area contributed by atoms with Crippen LogP contribution in [0.4, 0.5) is 0 Å². The van der Waals surface area contributed by atoms with E-state index < -0.39 is 0 Å². The Labute approximate surface area is 154 Å². The number of rotatable bonds is 1. The Bertz CT molecular complexity index is 1220. The van der Waals surface area contributed by atoms with Crippen LogP contribution in [0.3, 0.4) is 0 Å². The van der Waals surface area contributed by atoms with Crippen molar-refractivity contribution >= 4 is 48.4 Å². The molecule has 4 aromatic carbocycles. The van der Waals surface area contributed by atoms with Crippen LogP contribution in [0.1, 0.15) is 0 Å². The lowest BCUT2D eigenvalue weighted by Crippen LogP contribution is -1.89. The Kier molecular flexibility index (Phi) is 3.32. The molecular weight excluding hydrogens is 370 g/mol. The molecule has 0 saturated carbocycles. The van der Waals surface area contributed by atoms with E-state index in [1.807, 2.05) is 12.1 Å². The Morgan fingerprint density at radius 2 is 1.16 bits per heavy atom. The Morgan fingerprint density at radius 1 is 0.560 bits per heavy atom. The van der Waals surface area contributed by atoms with Crippen molar-refractivity contribution in [1.82, 2.24) is 4.98 Å². The molecule has 0 saturated heterocycles. The van der Waals surface area contributed by atoms with Crippen LogP contribution in [-0.2, 0) is 0 Å². The maximum Gasteiger partial charge on any atom is 0.0794 e. The number of hydrogen-bond acceptors (Lipinski definition) is 1. The number of halogens is 1. The van der Waals surface area contributed by atoms with Crippen molar-refractivity contribution < 1.29 is 0 Å². The van der Waals surface area contributed by atoms with Crippen molar-refractivity contribution in [3.8, 4) is 11.3 Å². The Morgan fingerprint density at radius 3 is 1.84 bits per heavy atom. The first-order valence-electron chi connectivity index (χ1n) is 8.27. The van der Waals surface area contributed by atoms with Gasteiger partial charge in [-0.05, 0) is 40.4 Å². The lowest BCUT2D eigenvalue weighted by Gasteiger charge is -2.11. The fourth-order valence-corrected chi connectivity index (χ4v) is 3.97. The van der Waals surface area contributed by atoms with Gasteiger partial charge in [0.25, 0.3) is 0 Å². The van der Waals surface area contributed by atoms with Crippen LogP contribution >= 0.6 is 15.9 Å². The van der Waals surface area contributed by atoms with Crippen LogP contribution in [0.2, 0.25) is 0 Å². The van der Waals surface area contributed by atoms with E-state index in [1.165, 1.54) is 26.9 Å². The van der Waals surface area contributed by atoms with Crippen molar-refractivity contribution in [1.29, 1.82) is 0 Å². The second-order valence-electron chi connectivity index (χ2n) is 6.19. The highest BCUT2D eigenvalue weighted by Gasteiger charge is 2.10. The van der Waals surface area contributed by atoms with Crippen molar-refractivity contribution in [3.63, 3.8) is 0 Å². The van der Waals surface area contributed by atoms with Gasteiger partial charge in [-0.15, -0.1) is 0 Å². The van der Waals surface area contributed by atoms with E-state index in [-0.39, 0.29) is 0 Å². The summed E-state index contributed by atoms with van der Waals surface area (Å²) < 4.78 is 1.07. The molecule has 5 aromatic rings. The zero-order valence-electron chi connectivity index (χ0n) is 13.4. The zero-order valence-corrected chi connectivity index (χ0v) is 15.0. The monoisotopic (exact) mass is 383 g/mol. The third-order valence-electron chi connectivity index (χ3n) is 4.71. The van der Waals surface area contributed by atoms with E-state index in [9.17, 15) is 0 Å². The molecule has 1 heterocycles. The molecule has 0 radical (unpaired) electrons. The normalized spacial score (nSPS) is 11.4. The number of pyridine rings is 1. The lowest BCUT2D eigenvalue weighted by atomic mass is 9.96. The first-order chi connectivity index (χ1) is 12.3. The Balaban J connectivity index is 1.93. The van der Waals surface area contributed by atoms with Gasteiger partial charge in [-0.25, -0.2) is 4.98 Å². The van der Waals surface area contributed by atoms with E-state index in [4.69, 9.17) is 4.98 Å². The average Bonchev–Trinajstić information content (AvgIpc) is 2.68. The summed E-state index contributed by atoms with van der Waals surface area (Å²) in [6.45, 7) is 0. The van der Waals surface area contributed by atoms with E-state index in [2.05, 4.69) is 88.7 Å². The van der Waals surface area contributed by atoms with Gasteiger partial charge in [0.15, 0.2) is 0 Å². The molecule has 0 aliphatic heterocycles. The van der Waals surface area contributed by atoms with Gasteiger partial charge < -0.3 is 0 Å². The molecule has 0 fully saturated rings. The molecule has 25 heavy (non-hydrogen) atoms. The van der Waals surface area contributed by atoms with Gasteiger partial charge in [0, 0.05) is 20.8 Å². The molecule has 1 nitrogen and oxygen atoms in total. The summed E-state index contributed by atoms with van der Waals surface area (Å²) in [4.78, 5) is 5.04. The summed E-state index contributed by atoms with van der Waals surface area (Å²) in [6.07, 6.45) is 0. The van der Waals surface area contributed by atoms with Gasteiger partial charge in [-0.1, -0.05) is 76.6 Å². The van der Waals surface area contributed by atoms with E-state index >= 15 is 0 Å². The minimum atomic E-state index is 0.995. The number of benzene rings is 4. The fourth-order valence-electron chi connectivity index (χ4n) is 3.57. The molecule has 1 aromatic heterocycles. The second-order valence-corrected chi connectivity index (χ2v) is 7.11. The van der Waals surface area contributed by atoms with Crippen LogP contribution in [0.15, 0.2) is 89.4 Å². The van der Waals surface area contributed by atoms with Crippen LogP contribution in [0, 0.1) is 0 Å². The van der Waals surface area contributed by atoms with Gasteiger partial charge in [0.2, 0.25) is 0 Å². The highest BCUT2D eigenvalue weighted by Crippen LogP contribution is 2.35. The van der Waals surface area contributed by atoms with Crippen molar-refractivity contribution in [2.75, 3.05) is 0 Å². The number of hydrogen-bond donors (Lipinski definition) is 0. The molecule has 0 bridgehead atoms. The molecule has 2 heteroatoms. The standard InChI is InChI=1S/C23H14BrN/c24-16-7-5-6-15(14-16)22-13-12-21-19-10-2-1-8-17(19)18-9-3-4-11-20(18)23(21)25-22/h1-14H. The molecule has 5 rings (SSSR count). The molecule has 0 unspecified atom stereocenters. The maximum absolute atomic E-state index is 5.04. The first kappa shape index (κ1) is 14.6. The summed E-state index contributed by atoms with van der Waals surface area (Å²) in [7, 11) is 0. The van der Waals surface area contributed by atoms with Gasteiger partial charge in [0.1, 0.15) is 0 Å². The molecular formula is C23H14BrN. The molecule has 0 atom stereocenters. The van der Waals surface area contributed by atoms with Gasteiger partial charge in [-0.3, -0.25) is 0 Å². The largest absolute Gasteiger partial charge is 0.247 e. The molecule has 0 amide bonds. The van der Waals surface area contributed by atoms with Crippen LogP contribution in [-0.4, -0.2) is 4.98 Å². The van der Waals surface area contributed by atoms with E-state index in [0.29, 0.717) is 0 Å². The third-order valence-corrected chi connectivity index (χ3v) is 5.20. The summed E-state index contributed by atoms with van der Waals surface area (Å²) in [5.41, 5.74) is 3.18. The quantitative estimate of drug-likeness (QED) is 0.284. The topological polar surface area (TPSA) is 12.9 Å². The minimum Gasteiger partial charge on any atom is -0.247 e. The van der Waals surface area contributed by atoms with Crippen LogP contribution in [0.5, 0.6) is 0 Å². The summed E-state index contributed by atoms with van der Waals surface area (Å²) in [5, 5.41) is 6.19. The maximum atomic E-state index is 5.04. The SMILES string of the molecule is Brc1cccc(-c2ccc3c4ccccc4c4ccccc4c3n2)c1. The van der Waals surface area contributed by atoms with Crippen molar-refractivity contribution in [3.05, 3.63) is 89.4 Å². The zero-order chi connectivity index (χ0) is 16.8. The smallest absolute Gasteiger partial charge is 0.0794 e. The minimum absolute atomic E-state index is 0.995. The lowest BCUT2D eigenvalue weighted by molar-refractivity contribution is 1.41. The predicted molar refractivity (Wildman–Crippen MR) is 110 cm³/mol. The summed E-state index contributed by atoms with van der Waals surface area (Å²) in [6, 6.07) is 29.7. The van der Waals surface area contributed by atoms with Crippen LogP contribution in [0.25, 0.3) is 43.7 Å². The molecule has 0 aliphatic rings. The fraction of sp³-hybridized carbons (Fsp3) is 0. The third kappa shape index (κ3) is 2.33. The molecule has 0 N–H and O–H groups in total. The van der Waals surface area contributed by atoms with Gasteiger partial charge in [-0.2, -0.15) is 0 Å². The van der Waals surface area contributed by atoms with Crippen molar-refractivity contribution in [2.45, 2.75) is 0 Å². The number of aromatic nitrogens is 1. The van der Waals surface area contributed by atoms with Gasteiger partial charge in [0.05, 0.1) is 11.2 Å².